The quantitative estimate of drug-likeness (QED) is 0.509. The maximum Gasteiger partial charge on any atom is 0.251 e. The first-order valence-corrected chi connectivity index (χ1v) is 14.8. The number of carbonyl (C=O) groups is 2. The number of benzene rings is 1. The van der Waals surface area contributed by atoms with Crippen LogP contribution in [-0.2, 0) is 16.1 Å². The molecule has 2 aliphatic heterocycles. The fourth-order valence-corrected chi connectivity index (χ4v) is 6.14. The minimum Gasteiger partial charge on any atom is -0.379 e. The molecule has 0 saturated carbocycles. The molecule has 1 amide bonds. The molecule has 1 unspecified atom stereocenters. The number of piperidine rings is 1. The van der Waals surface area contributed by atoms with E-state index in [0.717, 1.165) is 98.0 Å². The van der Waals surface area contributed by atoms with Crippen molar-refractivity contribution in [2.75, 3.05) is 57.9 Å². The predicted octanol–water partition coefficient (Wildman–Crippen LogP) is 3.90. The van der Waals surface area contributed by atoms with E-state index < -0.39 is 0 Å². The number of anilines is 1. The van der Waals surface area contributed by atoms with Crippen molar-refractivity contribution in [2.24, 2.45) is 5.92 Å². The van der Waals surface area contributed by atoms with E-state index in [1.54, 1.807) is 6.08 Å². The zero-order valence-electron chi connectivity index (χ0n) is 24.8. The molecule has 8 heteroatoms. The van der Waals surface area contributed by atoms with Gasteiger partial charge in [-0.05, 0) is 87.7 Å². The molecule has 0 bridgehead atoms. The first-order chi connectivity index (χ1) is 19.8. The maximum atomic E-state index is 13.7. The van der Waals surface area contributed by atoms with Gasteiger partial charge in [-0.3, -0.25) is 19.5 Å². The van der Waals surface area contributed by atoms with E-state index in [0.29, 0.717) is 11.6 Å². The number of morpholine rings is 1. The van der Waals surface area contributed by atoms with E-state index >= 15 is 0 Å². The Hall–Kier alpha value is -3.33. The highest BCUT2D eigenvalue weighted by atomic mass is 16.5. The minimum absolute atomic E-state index is 0.0443. The van der Waals surface area contributed by atoms with Gasteiger partial charge >= 0.3 is 0 Å². The summed E-state index contributed by atoms with van der Waals surface area (Å²) in [5.74, 6) is -0.442. The van der Waals surface area contributed by atoms with Gasteiger partial charge in [0.25, 0.3) is 5.91 Å². The van der Waals surface area contributed by atoms with Crippen molar-refractivity contribution in [2.45, 2.75) is 46.2 Å². The number of pyridine rings is 1. The van der Waals surface area contributed by atoms with E-state index in [1.165, 1.54) is 0 Å². The van der Waals surface area contributed by atoms with Crippen LogP contribution in [0, 0.1) is 12.8 Å². The highest BCUT2D eigenvalue weighted by molar-refractivity contribution is 6.00. The standard InChI is InChI=1S/C33H43N5O3/c1-22-15-23(2)30(32(39)16-22)20-36-33(40)29-17-26(18-31(24(29)3)37(4)28-7-9-34-10-8-28)25-5-6-27(35-19-25)21-38-11-13-41-14-12-38/h5-6,15-19,28,30,34H,7-14,20-21H2,1-4H3,(H,36,40). The second-order valence-electron chi connectivity index (χ2n) is 11.6. The van der Waals surface area contributed by atoms with Crippen molar-refractivity contribution < 1.29 is 14.3 Å². The smallest absolute Gasteiger partial charge is 0.251 e. The topological polar surface area (TPSA) is 86.8 Å². The highest BCUT2D eigenvalue weighted by Crippen LogP contribution is 2.33. The van der Waals surface area contributed by atoms with E-state index in [-0.39, 0.29) is 24.2 Å². The molecule has 1 atom stereocenters. The second-order valence-corrected chi connectivity index (χ2v) is 11.6. The normalized spacial score (nSPS) is 20.4. The fourth-order valence-electron chi connectivity index (χ4n) is 6.14. The summed E-state index contributed by atoms with van der Waals surface area (Å²) in [5.41, 5.74) is 7.54. The Balaban J connectivity index is 1.41. The molecule has 0 spiro atoms. The van der Waals surface area contributed by atoms with Crippen molar-refractivity contribution in [3.05, 3.63) is 70.6 Å². The Labute approximate surface area is 243 Å². The number of hydrogen-bond donors (Lipinski definition) is 2. The lowest BCUT2D eigenvalue weighted by molar-refractivity contribution is -0.117. The van der Waals surface area contributed by atoms with Crippen molar-refractivity contribution in [3.8, 4) is 11.1 Å². The van der Waals surface area contributed by atoms with Crippen LogP contribution >= 0.6 is 0 Å². The number of nitrogens with zero attached hydrogens (tertiary/aromatic N) is 3. The van der Waals surface area contributed by atoms with Crippen LogP contribution in [-0.4, -0.2) is 80.6 Å². The number of aromatic nitrogens is 1. The first-order valence-electron chi connectivity index (χ1n) is 14.8. The van der Waals surface area contributed by atoms with Gasteiger partial charge in [-0.1, -0.05) is 17.7 Å². The number of hydrogen-bond acceptors (Lipinski definition) is 7. The molecule has 5 rings (SSSR count). The molecule has 2 saturated heterocycles. The van der Waals surface area contributed by atoms with Crippen molar-refractivity contribution >= 4 is 17.4 Å². The van der Waals surface area contributed by atoms with Gasteiger partial charge in [0.2, 0.25) is 0 Å². The van der Waals surface area contributed by atoms with Crippen LogP contribution in [0.25, 0.3) is 11.1 Å². The monoisotopic (exact) mass is 557 g/mol. The zero-order valence-corrected chi connectivity index (χ0v) is 24.8. The summed E-state index contributed by atoms with van der Waals surface area (Å²) < 4.78 is 5.47. The van der Waals surface area contributed by atoms with Gasteiger partial charge in [0, 0.05) is 62.3 Å². The average Bonchev–Trinajstić information content (AvgIpc) is 2.97. The molecule has 1 aromatic heterocycles. The van der Waals surface area contributed by atoms with Gasteiger partial charge in [0.15, 0.2) is 5.78 Å². The molecule has 3 heterocycles. The Bertz CT molecular complexity index is 1320. The van der Waals surface area contributed by atoms with Gasteiger partial charge in [-0.15, -0.1) is 0 Å². The number of carbonyl (C=O) groups excluding carboxylic acids is 2. The zero-order chi connectivity index (χ0) is 28.9. The molecular weight excluding hydrogens is 514 g/mol. The number of amides is 1. The van der Waals surface area contributed by atoms with Crippen LogP contribution in [0.2, 0.25) is 0 Å². The minimum atomic E-state index is -0.328. The number of allylic oxidation sites excluding steroid dienone is 3. The van der Waals surface area contributed by atoms with E-state index in [2.05, 4.69) is 45.7 Å². The van der Waals surface area contributed by atoms with E-state index in [4.69, 9.17) is 9.72 Å². The predicted molar refractivity (Wildman–Crippen MR) is 163 cm³/mol. The summed E-state index contributed by atoms with van der Waals surface area (Å²) in [5, 5.41) is 6.52. The third kappa shape index (κ3) is 6.94. The van der Waals surface area contributed by atoms with E-state index in [9.17, 15) is 9.59 Å². The Morgan fingerprint density at radius 1 is 1.10 bits per heavy atom. The lowest BCUT2D eigenvalue weighted by Gasteiger charge is -2.35. The van der Waals surface area contributed by atoms with Crippen LogP contribution in [0.15, 0.2) is 53.8 Å². The molecule has 3 aliphatic rings. The highest BCUT2D eigenvalue weighted by Gasteiger charge is 2.26. The van der Waals surface area contributed by atoms with Gasteiger partial charge in [-0.25, -0.2) is 0 Å². The SMILES string of the molecule is CC1=CC(=O)C(CNC(=O)c2cc(-c3ccc(CN4CCOCC4)nc3)cc(N(C)C3CCNCC3)c2C)C(C)=C1. The molecule has 41 heavy (non-hydrogen) atoms. The Kier molecular flexibility index (Phi) is 9.32. The molecule has 2 fully saturated rings. The first kappa shape index (κ1) is 29.2. The summed E-state index contributed by atoms with van der Waals surface area (Å²) >= 11 is 0. The molecule has 1 aromatic carbocycles. The Morgan fingerprint density at radius 3 is 2.54 bits per heavy atom. The van der Waals surface area contributed by atoms with Crippen LogP contribution in [0.5, 0.6) is 0 Å². The van der Waals surface area contributed by atoms with Gasteiger partial charge in [-0.2, -0.15) is 0 Å². The number of nitrogens with one attached hydrogen (secondary N) is 2. The lowest BCUT2D eigenvalue weighted by atomic mass is 9.88. The summed E-state index contributed by atoms with van der Waals surface area (Å²) in [6.07, 6.45) is 7.72. The Morgan fingerprint density at radius 2 is 1.85 bits per heavy atom. The van der Waals surface area contributed by atoms with Crippen molar-refractivity contribution in [1.29, 1.82) is 0 Å². The van der Waals surface area contributed by atoms with Crippen molar-refractivity contribution in [3.63, 3.8) is 0 Å². The molecule has 2 aromatic rings. The van der Waals surface area contributed by atoms with Crippen LogP contribution in [0.1, 0.15) is 48.3 Å². The third-order valence-electron chi connectivity index (χ3n) is 8.69. The maximum absolute atomic E-state index is 13.7. The molecular formula is C33H43N5O3. The largest absolute Gasteiger partial charge is 0.379 e. The second kappa shape index (κ2) is 13.1. The number of ketones is 1. The number of rotatable bonds is 8. The summed E-state index contributed by atoms with van der Waals surface area (Å²) in [7, 11) is 2.14. The summed E-state index contributed by atoms with van der Waals surface area (Å²) in [6, 6.07) is 8.75. The van der Waals surface area contributed by atoms with Crippen LogP contribution in [0.3, 0.4) is 0 Å². The van der Waals surface area contributed by atoms with E-state index in [1.807, 2.05) is 39.1 Å². The number of ether oxygens (including phenoxy) is 1. The summed E-state index contributed by atoms with van der Waals surface area (Å²) in [6.45, 7) is 12.3. The van der Waals surface area contributed by atoms with Crippen LogP contribution in [0.4, 0.5) is 5.69 Å². The van der Waals surface area contributed by atoms with Crippen molar-refractivity contribution in [1.82, 2.24) is 20.5 Å². The molecule has 218 valence electrons. The van der Waals surface area contributed by atoms with Crippen LogP contribution < -0.4 is 15.5 Å². The van der Waals surface area contributed by atoms with Gasteiger partial charge in [0.05, 0.1) is 24.8 Å². The molecule has 0 radical (unpaired) electrons. The van der Waals surface area contributed by atoms with Gasteiger partial charge in [0.1, 0.15) is 0 Å². The average molecular weight is 558 g/mol. The fraction of sp³-hybridized carbons (Fsp3) is 0.485. The van der Waals surface area contributed by atoms with Gasteiger partial charge < -0.3 is 20.3 Å². The third-order valence-corrected chi connectivity index (χ3v) is 8.69. The summed E-state index contributed by atoms with van der Waals surface area (Å²) in [4.78, 5) is 35.8. The molecule has 8 nitrogen and oxygen atoms in total. The lowest BCUT2D eigenvalue weighted by Crippen LogP contribution is -2.41. The molecule has 2 N–H and O–H groups in total. The molecule has 1 aliphatic carbocycles.